The minimum atomic E-state index is -0.313. The van der Waals surface area contributed by atoms with Crippen molar-refractivity contribution in [3.05, 3.63) is 66.5 Å². The van der Waals surface area contributed by atoms with Crippen LogP contribution in [0.4, 0.5) is 8.78 Å². The number of halogens is 2. The van der Waals surface area contributed by atoms with Crippen LogP contribution in [0, 0.1) is 11.6 Å². The summed E-state index contributed by atoms with van der Waals surface area (Å²) in [6.45, 7) is 0. The fraction of sp³-hybridized carbons (Fsp3) is 0. The number of aromatic amines is 1. The summed E-state index contributed by atoms with van der Waals surface area (Å²) in [5, 5.41) is 1.62. The zero-order valence-corrected chi connectivity index (χ0v) is 10.9. The van der Waals surface area contributed by atoms with Gasteiger partial charge < -0.3 is 4.98 Å². The quantitative estimate of drug-likeness (QED) is 0.539. The van der Waals surface area contributed by atoms with Crippen molar-refractivity contribution in [3.63, 3.8) is 0 Å². The van der Waals surface area contributed by atoms with Crippen LogP contribution in [0.5, 0.6) is 0 Å². The van der Waals surface area contributed by atoms with Gasteiger partial charge in [-0.2, -0.15) is 0 Å². The third kappa shape index (κ3) is 1.80. The summed E-state index contributed by atoms with van der Waals surface area (Å²) >= 11 is 0. The summed E-state index contributed by atoms with van der Waals surface area (Å²) in [6.07, 6.45) is 3.37. The lowest BCUT2D eigenvalue weighted by Gasteiger charge is -2.05. The van der Waals surface area contributed by atoms with Crippen LogP contribution in [-0.2, 0) is 0 Å². The smallest absolute Gasteiger partial charge is 0.147 e. The van der Waals surface area contributed by atoms with Crippen LogP contribution in [0.25, 0.3) is 32.9 Å². The highest BCUT2D eigenvalue weighted by Gasteiger charge is 2.13. The van der Waals surface area contributed by atoms with E-state index in [0.29, 0.717) is 5.52 Å². The molecule has 0 fully saturated rings. The Morgan fingerprint density at radius 1 is 0.905 bits per heavy atom. The molecule has 0 aliphatic carbocycles. The molecular weight excluding hydrogens is 270 g/mol. The zero-order chi connectivity index (χ0) is 14.4. The van der Waals surface area contributed by atoms with E-state index in [1.165, 1.54) is 18.2 Å². The van der Waals surface area contributed by atoms with Crippen molar-refractivity contribution < 1.29 is 8.78 Å². The first kappa shape index (κ1) is 12.0. The molecule has 2 aromatic carbocycles. The molecule has 0 amide bonds. The van der Waals surface area contributed by atoms with Crippen LogP contribution in [0.1, 0.15) is 0 Å². The number of nitrogens with zero attached hydrogens (tertiary/aromatic N) is 1. The van der Waals surface area contributed by atoms with Gasteiger partial charge in [-0.25, -0.2) is 8.78 Å². The Bertz CT molecular complexity index is 956. The Labute approximate surface area is 119 Å². The monoisotopic (exact) mass is 280 g/mol. The zero-order valence-electron chi connectivity index (χ0n) is 10.9. The second kappa shape index (κ2) is 4.38. The van der Waals surface area contributed by atoms with Gasteiger partial charge in [-0.05, 0) is 35.4 Å². The van der Waals surface area contributed by atoms with E-state index in [0.717, 1.165) is 27.4 Å². The predicted octanol–water partition coefficient (Wildman–Crippen LogP) is 4.66. The summed E-state index contributed by atoms with van der Waals surface area (Å²) in [4.78, 5) is 7.19. The number of H-pyrrole nitrogens is 1. The number of pyridine rings is 1. The number of hydrogen-bond donors (Lipinski definition) is 1. The first-order valence-electron chi connectivity index (χ1n) is 6.54. The molecule has 102 valence electrons. The maximum Gasteiger partial charge on any atom is 0.147 e. The topological polar surface area (TPSA) is 28.7 Å². The molecule has 0 aliphatic rings. The lowest BCUT2D eigenvalue weighted by Crippen LogP contribution is -1.84. The van der Waals surface area contributed by atoms with Gasteiger partial charge in [-0.3, -0.25) is 4.98 Å². The molecule has 2 aromatic heterocycles. The van der Waals surface area contributed by atoms with E-state index in [1.54, 1.807) is 30.6 Å². The van der Waals surface area contributed by atoms with Crippen LogP contribution in [0.2, 0.25) is 0 Å². The largest absolute Gasteiger partial charge is 0.352 e. The van der Waals surface area contributed by atoms with Gasteiger partial charge in [-0.1, -0.05) is 18.2 Å². The molecule has 0 saturated carbocycles. The minimum absolute atomic E-state index is 0.294. The third-order valence-electron chi connectivity index (χ3n) is 3.66. The van der Waals surface area contributed by atoms with Gasteiger partial charge in [0.15, 0.2) is 0 Å². The highest BCUT2D eigenvalue weighted by molar-refractivity contribution is 6.14. The molecule has 1 N–H and O–H groups in total. The van der Waals surface area contributed by atoms with E-state index in [9.17, 15) is 8.78 Å². The Morgan fingerprint density at radius 3 is 2.52 bits per heavy atom. The number of aromatic nitrogens is 2. The van der Waals surface area contributed by atoms with Crippen LogP contribution in [0.15, 0.2) is 54.9 Å². The van der Waals surface area contributed by atoms with E-state index in [1.807, 2.05) is 6.07 Å². The fourth-order valence-corrected chi connectivity index (χ4v) is 2.69. The van der Waals surface area contributed by atoms with Crippen molar-refractivity contribution in [2.75, 3.05) is 0 Å². The molecule has 0 radical (unpaired) electrons. The average molecular weight is 280 g/mol. The van der Waals surface area contributed by atoms with Gasteiger partial charge in [0.25, 0.3) is 0 Å². The second-order valence-corrected chi connectivity index (χ2v) is 4.90. The first-order chi connectivity index (χ1) is 10.2. The molecule has 21 heavy (non-hydrogen) atoms. The van der Waals surface area contributed by atoms with Crippen LogP contribution in [0.3, 0.4) is 0 Å². The number of rotatable bonds is 1. The van der Waals surface area contributed by atoms with Gasteiger partial charge in [0.1, 0.15) is 11.6 Å². The SMILES string of the molecule is Fc1ccc(-c2ccc(F)c3[nH]c4ccncc4c23)cc1. The van der Waals surface area contributed by atoms with Gasteiger partial charge in [0.05, 0.1) is 5.52 Å². The van der Waals surface area contributed by atoms with E-state index in [-0.39, 0.29) is 11.6 Å². The maximum atomic E-state index is 14.1. The molecule has 0 aliphatic heterocycles. The van der Waals surface area contributed by atoms with Crippen LogP contribution in [-0.4, -0.2) is 9.97 Å². The van der Waals surface area contributed by atoms with Crippen LogP contribution >= 0.6 is 0 Å². The van der Waals surface area contributed by atoms with Gasteiger partial charge in [0, 0.05) is 28.7 Å². The number of benzene rings is 2. The fourth-order valence-electron chi connectivity index (χ4n) is 2.69. The predicted molar refractivity (Wildman–Crippen MR) is 79.0 cm³/mol. The molecule has 0 spiro atoms. The molecular formula is C17H10F2N2. The molecule has 0 bridgehead atoms. The summed E-state index contributed by atoms with van der Waals surface area (Å²) in [6, 6.07) is 11.1. The van der Waals surface area contributed by atoms with E-state index in [4.69, 9.17) is 0 Å². The molecule has 4 rings (SSSR count). The number of fused-ring (bicyclic) bond motifs is 3. The minimum Gasteiger partial charge on any atom is -0.352 e. The Balaban J connectivity index is 2.14. The molecule has 0 atom stereocenters. The normalized spacial score (nSPS) is 11.3. The van der Waals surface area contributed by atoms with Crippen molar-refractivity contribution in [2.45, 2.75) is 0 Å². The molecule has 0 unspecified atom stereocenters. The highest BCUT2D eigenvalue weighted by Crippen LogP contribution is 2.35. The van der Waals surface area contributed by atoms with Gasteiger partial charge in [0.2, 0.25) is 0 Å². The molecule has 2 nitrogen and oxygen atoms in total. The van der Waals surface area contributed by atoms with Gasteiger partial charge in [-0.15, -0.1) is 0 Å². The molecule has 4 aromatic rings. The summed E-state index contributed by atoms with van der Waals surface area (Å²) in [5.74, 6) is -0.607. The lowest BCUT2D eigenvalue weighted by atomic mass is 10.00. The molecule has 4 heteroatoms. The Kier molecular flexibility index (Phi) is 2.51. The van der Waals surface area contributed by atoms with Crippen molar-refractivity contribution in [1.29, 1.82) is 0 Å². The average Bonchev–Trinajstić information content (AvgIpc) is 2.90. The van der Waals surface area contributed by atoms with Crippen molar-refractivity contribution in [2.24, 2.45) is 0 Å². The van der Waals surface area contributed by atoms with Crippen molar-refractivity contribution in [1.82, 2.24) is 9.97 Å². The molecule has 2 heterocycles. The van der Waals surface area contributed by atoms with E-state index < -0.39 is 0 Å². The maximum absolute atomic E-state index is 14.1. The Morgan fingerprint density at radius 2 is 1.71 bits per heavy atom. The van der Waals surface area contributed by atoms with E-state index in [2.05, 4.69) is 9.97 Å². The number of hydrogen-bond acceptors (Lipinski definition) is 1. The standard InChI is InChI=1S/C17H10F2N2/c18-11-3-1-10(2-4-11)12-5-6-14(19)17-16(12)13-9-20-8-7-15(13)21-17/h1-9,21H. The van der Waals surface area contributed by atoms with Gasteiger partial charge >= 0.3 is 0 Å². The summed E-state index contributed by atoms with van der Waals surface area (Å²) < 4.78 is 27.2. The second-order valence-electron chi connectivity index (χ2n) is 4.90. The highest BCUT2D eigenvalue weighted by atomic mass is 19.1. The summed E-state index contributed by atoms with van der Waals surface area (Å²) in [5.41, 5.74) is 2.96. The lowest BCUT2D eigenvalue weighted by molar-refractivity contribution is 0.628. The Hall–Kier alpha value is -2.75. The number of nitrogens with one attached hydrogen (secondary N) is 1. The van der Waals surface area contributed by atoms with E-state index >= 15 is 0 Å². The van der Waals surface area contributed by atoms with Crippen molar-refractivity contribution in [3.8, 4) is 11.1 Å². The van der Waals surface area contributed by atoms with Crippen LogP contribution < -0.4 is 0 Å². The third-order valence-corrected chi connectivity index (χ3v) is 3.66. The summed E-state index contributed by atoms with van der Waals surface area (Å²) in [7, 11) is 0. The van der Waals surface area contributed by atoms with Crippen molar-refractivity contribution >= 4 is 21.8 Å². The first-order valence-corrected chi connectivity index (χ1v) is 6.54. The molecule has 0 saturated heterocycles.